The average molecular weight is 449 g/mol. The molecule has 1 fully saturated rings. The molecule has 0 spiro atoms. The molecule has 0 aliphatic carbocycles. The highest BCUT2D eigenvalue weighted by molar-refractivity contribution is 6.06. The third-order valence-electron chi connectivity index (χ3n) is 5.34. The number of ether oxygens (including phenoxy) is 1. The summed E-state index contributed by atoms with van der Waals surface area (Å²) in [5, 5.41) is 5.48. The van der Waals surface area contributed by atoms with Gasteiger partial charge in [-0.25, -0.2) is 9.97 Å². The SMILES string of the molecule is COc1ccc(C(=O)N2CCC(NC(=O)c3nccnc3NC(=O)c3ccco3)CC2)cc1. The van der Waals surface area contributed by atoms with Gasteiger partial charge in [0.1, 0.15) is 5.75 Å². The van der Waals surface area contributed by atoms with Gasteiger partial charge >= 0.3 is 0 Å². The normalized spacial score (nSPS) is 13.9. The summed E-state index contributed by atoms with van der Waals surface area (Å²) in [5.41, 5.74) is 0.601. The molecule has 4 rings (SSSR count). The number of amides is 3. The number of nitrogens with zero attached hydrogens (tertiary/aromatic N) is 3. The standard InChI is InChI=1S/C23H23N5O5/c1-32-17-6-4-15(5-7-17)23(31)28-12-8-16(9-13-28)26-22(30)19-20(25-11-10-24-19)27-21(29)18-3-2-14-33-18/h2-7,10-11,14,16H,8-9,12-13H2,1H3,(H,26,30)(H,25,27,29). The van der Waals surface area contributed by atoms with Gasteiger partial charge in [0.2, 0.25) is 0 Å². The number of rotatable bonds is 6. The third kappa shape index (κ3) is 5.17. The van der Waals surface area contributed by atoms with E-state index in [-0.39, 0.29) is 29.2 Å². The third-order valence-corrected chi connectivity index (χ3v) is 5.34. The highest BCUT2D eigenvalue weighted by Crippen LogP contribution is 2.18. The fraction of sp³-hybridized carbons (Fsp3) is 0.261. The predicted octanol–water partition coefficient (Wildman–Crippen LogP) is 2.37. The van der Waals surface area contributed by atoms with E-state index in [2.05, 4.69) is 20.6 Å². The maximum absolute atomic E-state index is 12.8. The number of hydrogen-bond donors (Lipinski definition) is 2. The molecule has 170 valence electrons. The molecule has 1 aliphatic rings. The first-order chi connectivity index (χ1) is 16.0. The Morgan fingerprint density at radius 2 is 1.76 bits per heavy atom. The number of methoxy groups -OCH3 is 1. The lowest BCUT2D eigenvalue weighted by Crippen LogP contribution is -2.46. The van der Waals surface area contributed by atoms with Gasteiger partial charge in [0, 0.05) is 37.1 Å². The van der Waals surface area contributed by atoms with E-state index in [1.165, 1.54) is 24.7 Å². The summed E-state index contributed by atoms with van der Waals surface area (Å²) < 4.78 is 10.2. The van der Waals surface area contributed by atoms with Crippen molar-refractivity contribution in [3.63, 3.8) is 0 Å². The molecule has 3 amide bonds. The number of hydrogen-bond acceptors (Lipinski definition) is 7. The quantitative estimate of drug-likeness (QED) is 0.591. The van der Waals surface area contributed by atoms with E-state index in [1.807, 2.05) is 0 Å². The Morgan fingerprint density at radius 3 is 2.42 bits per heavy atom. The molecule has 3 aromatic rings. The van der Waals surface area contributed by atoms with Crippen LogP contribution in [-0.2, 0) is 0 Å². The van der Waals surface area contributed by atoms with Crippen LogP contribution in [0.15, 0.2) is 59.5 Å². The summed E-state index contributed by atoms with van der Waals surface area (Å²) in [6, 6.07) is 9.95. The van der Waals surface area contributed by atoms with Crippen LogP contribution in [0.4, 0.5) is 5.82 Å². The Hall–Kier alpha value is -4.21. The van der Waals surface area contributed by atoms with E-state index in [0.29, 0.717) is 37.2 Å². The van der Waals surface area contributed by atoms with Crippen LogP contribution < -0.4 is 15.4 Å². The maximum atomic E-state index is 12.8. The molecule has 1 saturated heterocycles. The van der Waals surface area contributed by atoms with Crippen LogP contribution in [0.1, 0.15) is 44.2 Å². The number of likely N-dealkylation sites (tertiary alicyclic amines) is 1. The number of benzene rings is 1. The first-order valence-electron chi connectivity index (χ1n) is 10.4. The van der Waals surface area contributed by atoms with Gasteiger partial charge in [-0.05, 0) is 49.2 Å². The highest BCUT2D eigenvalue weighted by atomic mass is 16.5. The number of carbonyl (C=O) groups excluding carboxylic acids is 3. The zero-order chi connectivity index (χ0) is 23.2. The molecule has 0 radical (unpaired) electrons. The molecule has 10 heteroatoms. The fourth-order valence-corrected chi connectivity index (χ4v) is 3.57. The summed E-state index contributed by atoms with van der Waals surface area (Å²) in [7, 11) is 1.58. The van der Waals surface area contributed by atoms with Gasteiger partial charge in [0.25, 0.3) is 17.7 Å². The average Bonchev–Trinajstić information content (AvgIpc) is 3.40. The molecule has 1 aromatic carbocycles. The molecule has 2 N–H and O–H groups in total. The minimum atomic E-state index is -0.528. The van der Waals surface area contributed by atoms with Crippen LogP contribution in [0.3, 0.4) is 0 Å². The first kappa shape index (κ1) is 22.0. The summed E-state index contributed by atoms with van der Waals surface area (Å²) >= 11 is 0. The lowest BCUT2D eigenvalue weighted by atomic mass is 10.0. The molecule has 1 aliphatic heterocycles. The number of nitrogens with one attached hydrogen (secondary N) is 2. The maximum Gasteiger partial charge on any atom is 0.292 e. The van der Waals surface area contributed by atoms with Crippen molar-refractivity contribution in [1.29, 1.82) is 0 Å². The number of anilines is 1. The number of aromatic nitrogens is 2. The lowest BCUT2D eigenvalue weighted by molar-refractivity contribution is 0.0697. The largest absolute Gasteiger partial charge is 0.497 e. The predicted molar refractivity (Wildman–Crippen MR) is 118 cm³/mol. The van der Waals surface area contributed by atoms with Crippen molar-refractivity contribution in [3.8, 4) is 5.75 Å². The van der Waals surface area contributed by atoms with Crippen molar-refractivity contribution in [2.75, 3.05) is 25.5 Å². The second-order valence-electron chi connectivity index (χ2n) is 7.45. The van der Waals surface area contributed by atoms with Crippen molar-refractivity contribution in [1.82, 2.24) is 20.2 Å². The highest BCUT2D eigenvalue weighted by Gasteiger charge is 2.26. The summed E-state index contributed by atoms with van der Waals surface area (Å²) in [6.45, 7) is 1.02. The van der Waals surface area contributed by atoms with Gasteiger partial charge < -0.3 is 24.7 Å². The Kier molecular flexibility index (Phi) is 6.63. The van der Waals surface area contributed by atoms with E-state index >= 15 is 0 Å². The van der Waals surface area contributed by atoms with Gasteiger partial charge in [-0.3, -0.25) is 14.4 Å². The van der Waals surface area contributed by atoms with E-state index in [0.717, 1.165) is 0 Å². The van der Waals surface area contributed by atoms with Crippen LogP contribution in [0.25, 0.3) is 0 Å². The van der Waals surface area contributed by atoms with Gasteiger partial charge in [-0.2, -0.15) is 0 Å². The summed E-state index contributed by atoms with van der Waals surface area (Å²) in [4.78, 5) is 47.7. The minimum Gasteiger partial charge on any atom is -0.497 e. The minimum absolute atomic E-state index is 0.00847. The van der Waals surface area contributed by atoms with Crippen LogP contribution in [0.2, 0.25) is 0 Å². The molecule has 0 bridgehead atoms. The molecular formula is C23H23N5O5. The smallest absolute Gasteiger partial charge is 0.292 e. The molecule has 0 atom stereocenters. The van der Waals surface area contributed by atoms with Crippen molar-refractivity contribution in [2.45, 2.75) is 18.9 Å². The second kappa shape index (κ2) is 9.94. The second-order valence-corrected chi connectivity index (χ2v) is 7.45. The Labute approximate surface area is 190 Å². The number of furan rings is 1. The fourth-order valence-electron chi connectivity index (χ4n) is 3.57. The zero-order valence-corrected chi connectivity index (χ0v) is 18.0. The molecule has 2 aromatic heterocycles. The van der Waals surface area contributed by atoms with Crippen molar-refractivity contribution in [2.24, 2.45) is 0 Å². The number of piperidine rings is 1. The van der Waals surface area contributed by atoms with E-state index in [1.54, 1.807) is 42.3 Å². The van der Waals surface area contributed by atoms with Crippen LogP contribution in [0.5, 0.6) is 5.75 Å². The van der Waals surface area contributed by atoms with Gasteiger partial charge in [0.05, 0.1) is 13.4 Å². The Morgan fingerprint density at radius 1 is 1.03 bits per heavy atom. The van der Waals surface area contributed by atoms with Gasteiger partial charge in [-0.1, -0.05) is 0 Å². The number of carbonyl (C=O) groups is 3. The lowest BCUT2D eigenvalue weighted by Gasteiger charge is -2.32. The molecule has 10 nitrogen and oxygen atoms in total. The molecule has 33 heavy (non-hydrogen) atoms. The topological polar surface area (TPSA) is 127 Å². The van der Waals surface area contributed by atoms with Gasteiger partial charge in [-0.15, -0.1) is 0 Å². The van der Waals surface area contributed by atoms with E-state index < -0.39 is 11.8 Å². The van der Waals surface area contributed by atoms with Crippen molar-refractivity contribution >= 4 is 23.5 Å². The Balaban J connectivity index is 1.34. The van der Waals surface area contributed by atoms with E-state index in [4.69, 9.17) is 9.15 Å². The molecule has 0 unspecified atom stereocenters. The van der Waals surface area contributed by atoms with Crippen LogP contribution >= 0.6 is 0 Å². The van der Waals surface area contributed by atoms with Gasteiger partial charge in [0.15, 0.2) is 17.3 Å². The molecule has 0 saturated carbocycles. The molecule has 3 heterocycles. The van der Waals surface area contributed by atoms with Crippen LogP contribution in [0, 0.1) is 0 Å². The summed E-state index contributed by atoms with van der Waals surface area (Å²) in [6.07, 6.45) is 5.35. The monoisotopic (exact) mass is 449 g/mol. The zero-order valence-electron chi connectivity index (χ0n) is 18.0. The van der Waals surface area contributed by atoms with E-state index in [9.17, 15) is 14.4 Å². The Bertz CT molecular complexity index is 1120. The van der Waals surface area contributed by atoms with Crippen molar-refractivity contribution < 1.29 is 23.5 Å². The summed E-state index contributed by atoms with van der Waals surface area (Å²) in [5.74, 6) is -0.196. The first-order valence-corrected chi connectivity index (χ1v) is 10.4. The van der Waals surface area contributed by atoms with Crippen molar-refractivity contribution in [3.05, 3.63) is 72.1 Å². The molecular weight excluding hydrogens is 426 g/mol. The van der Waals surface area contributed by atoms with Crippen LogP contribution in [-0.4, -0.2) is 58.8 Å².